The first-order chi connectivity index (χ1) is 32.4. The summed E-state index contributed by atoms with van der Waals surface area (Å²) in [6, 6.07) is 43.1. The Morgan fingerprint density at radius 1 is 0.319 bits per heavy atom. The van der Waals surface area contributed by atoms with E-state index in [0.29, 0.717) is 50.6 Å². The van der Waals surface area contributed by atoms with E-state index in [1.54, 1.807) is 131 Å². The number of carbonyl (C=O) groups is 3. The van der Waals surface area contributed by atoms with Gasteiger partial charge in [0.15, 0.2) is 17.3 Å². The van der Waals surface area contributed by atoms with Gasteiger partial charge in [-0.2, -0.15) is 0 Å². The molecule has 0 unspecified atom stereocenters. The van der Waals surface area contributed by atoms with Crippen molar-refractivity contribution in [2.45, 2.75) is 78.6 Å². The lowest BCUT2D eigenvalue weighted by Gasteiger charge is -2.18. The molecule has 0 amide bonds. The molecule has 0 aliphatic rings. The van der Waals surface area contributed by atoms with Gasteiger partial charge in [0.2, 0.25) is 0 Å². The third kappa shape index (κ3) is 16.3. The van der Waals surface area contributed by atoms with Crippen molar-refractivity contribution >= 4 is 34.6 Å². The molecule has 9 heteroatoms. The normalized spacial score (nSPS) is 12.1. The topological polar surface area (TPSA) is 140 Å². The molecule has 6 aromatic carbocycles. The second-order valence-corrected chi connectivity index (χ2v) is 19.3. The van der Waals surface area contributed by atoms with Gasteiger partial charge in [0.25, 0.3) is 0 Å². The van der Waals surface area contributed by atoms with Crippen LogP contribution in [0, 0.1) is 0 Å². The summed E-state index contributed by atoms with van der Waals surface area (Å²) in [5.74, 6) is 1.26. The van der Waals surface area contributed by atoms with Crippen LogP contribution in [-0.2, 0) is 16.2 Å². The number of methoxy groups -OCH3 is 3. The number of hydrogen-bond acceptors (Lipinski definition) is 9. The van der Waals surface area contributed by atoms with Gasteiger partial charge in [-0.15, -0.1) is 0 Å². The van der Waals surface area contributed by atoms with Crippen LogP contribution in [0.25, 0.3) is 17.3 Å². The molecule has 0 heterocycles. The third-order valence-corrected chi connectivity index (χ3v) is 11.1. The van der Waals surface area contributed by atoms with E-state index in [1.807, 2.05) is 36.4 Å². The fourth-order valence-corrected chi connectivity index (χ4v) is 6.56. The number of aliphatic hydroxyl groups excluding tert-OH is 3. The largest absolute Gasteiger partial charge is 0.507 e. The monoisotopic (exact) mass is 930 g/mol. The Bertz CT molecular complexity index is 2410. The van der Waals surface area contributed by atoms with E-state index in [1.165, 1.54) is 18.2 Å². The highest BCUT2D eigenvalue weighted by Gasteiger charge is 2.17. The van der Waals surface area contributed by atoms with Crippen molar-refractivity contribution in [2.24, 2.45) is 0 Å². The van der Waals surface area contributed by atoms with Crippen LogP contribution < -0.4 is 14.2 Å². The quantitative estimate of drug-likeness (QED) is 0.0621. The van der Waals surface area contributed by atoms with Crippen LogP contribution in [0.5, 0.6) is 17.2 Å². The highest BCUT2D eigenvalue weighted by Crippen LogP contribution is 2.26. The van der Waals surface area contributed by atoms with Crippen LogP contribution in [0.1, 0.15) is 127 Å². The number of hydrogen-bond donors (Lipinski definition) is 3. The summed E-state index contributed by atoms with van der Waals surface area (Å²) in [5, 5.41) is 30.3. The van der Waals surface area contributed by atoms with Crippen molar-refractivity contribution in [1.29, 1.82) is 0 Å². The number of carbonyl (C=O) groups excluding carboxylic acids is 3. The molecule has 0 radical (unpaired) electrons. The van der Waals surface area contributed by atoms with Crippen molar-refractivity contribution < 1.29 is 43.9 Å². The molecule has 0 spiro atoms. The molecule has 0 saturated carbocycles. The SMILES string of the molecule is COc1ccc(C(O)=CC(=O)c2ccc(C(C)(C)C)cc2)cc1.COc1ccc(C(O)=CC(=O)c2ccc(C(C)(C)C)cc2)cc1.COc1ccc(C(O)=CC(=O)c2ccc(C(C)(C)C)cc2)cc1. The van der Waals surface area contributed by atoms with E-state index in [4.69, 9.17) is 14.2 Å². The summed E-state index contributed by atoms with van der Waals surface area (Å²) in [5.41, 5.74) is 7.01. The van der Waals surface area contributed by atoms with E-state index in [0.717, 1.165) is 16.7 Å². The van der Waals surface area contributed by atoms with Crippen LogP contribution in [-0.4, -0.2) is 54.0 Å². The molecule has 0 aliphatic carbocycles. The minimum atomic E-state index is -0.223. The van der Waals surface area contributed by atoms with Gasteiger partial charge in [0.1, 0.15) is 34.5 Å². The number of rotatable bonds is 12. The van der Waals surface area contributed by atoms with Gasteiger partial charge in [0.05, 0.1) is 21.3 Å². The number of ether oxygens (including phenoxy) is 3. The molecule has 0 bridgehead atoms. The summed E-state index contributed by atoms with van der Waals surface area (Å²) in [7, 11) is 4.74. The van der Waals surface area contributed by atoms with Crippen molar-refractivity contribution in [3.05, 3.63) is 214 Å². The Morgan fingerprint density at radius 3 is 0.652 bits per heavy atom. The first-order valence-electron chi connectivity index (χ1n) is 22.5. The Balaban J connectivity index is 0.000000225. The van der Waals surface area contributed by atoms with Crippen LogP contribution >= 0.6 is 0 Å². The second-order valence-electron chi connectivity index (χ2n) is 19.3. The predicted octanol–water partition coefficient (Wildman–Crippen LogP) is 14.3. The lowest BCUT2D eigenvalue weighted by Crippen LogP contribution is -2.11. The summed E-state index contributed by atoms with van der Waals surface area (Å²) >= 11 is 0. The maximum atomic E-state index is 12.3. The van der Waals surface area contributed by atoms with Crippen LogP contribution in [0.3, 0.4) is 0 Å². The Kier molecular flexibility index (Phi) is 18.7. The maximum Gasteiger partial charge on any atom is 0.189 e. The second kappa shape index (κ2) is 23.9. The number of ketones is 3. The molecule has 3 N–H and O–H groups in total. The fraction of sp³-hybridized carbons (Fsp3) is 0.250. The summed E-state index contributed by atoms with van der Waals surface area (Å²) in [4.78, 5) is 36.8. The average molecular weight is 931 g/mol. The van der Waals surface area contributed by atoms with E-state index in [-0.39, 0.29) is 50.9 Å². The smallest absolute Gasteiger partial charge is 0.189 e. The molecule has 360 valence electrons. The summed E-state index contributed by atoms with van der Waals surface area (Å²) in [6.45, 7) is 19.1. The number of benzene rings is 6. The van der Waals surface area contributed by atoms with E-state index in [2.05, 4.69) is 62.3 Å². The zero-order chi connectivity index (χ0) is 51.1. The van der Waals surface area contributed by atoms with Crippen molar-refractivity contribution in [3.63, 3.8) is 0 Å². The minimum absolute atomic E-state index is 0.0443. The lowest BCUT2D eigenvalue weighted by atomic mass is 9.86. The number of allylic oxidation sites excluding steroid dienone is 3. The molecule has 0 saturated heterocycles. The van der Waals surface area contributed by atoms with Gasteiger partial charge < -0.3 is 29.5 Å². The predicted molar refractivity (Wildman–Crippen MR) is 279 cm³/mol. The van der Waals surface area contributed by atoms with E-state index < -0.39 is 0 Å². The zero-order valence-corrected chi connectivity index (χ0v) is 41.9. The van der Waals surface area contributed by atoms with Gasteiger partial charge in [0, 0.05) is 51.6 Å². The zero-order valence-electron chi connectivity index (χ0n) is 41.9. The van der Waals surface area contributed by atoms with Crippen LogP contribution in [0.15, 0.2) is 164 Å². The average Bonchev–Trinajstić information content (AvgIpc) is 3.33. The van der Waals surface area contributed by atoms with Gasteiger partial charge in [-0.25, -0.2) is 0 Å². The van der Waals surface area contributed by atoms with Gasteiger partial charge in [-0.3, -0.25) is 14.4 Å². The van der Waals surface area contributed by atoms with E-state index >= 15 is 0 Å². The van der Waals surface area contributed by atoms with Crippen LogP contribution in [0.2, 0.25) is 0 Å². The maximum absolute atomic E-state index is 12.3. The Labute approximate surface area is 408 Å². The minimum Gasteiger partial charge on any atom is -0.507 e. The summed E-state index contributed by atoms with van der Waals surface area (Å²) < 4.78 is 15.2. The standard InChI is InChI=1S/3C20H22O3/c3*1-20(2,3)16-9-5-14(6-10-16)18(21)13-19(22)15-7-11-17(23-4)12-8-15/h3*5-13,22H,1-4H3. The molecule has 0 aromatic heterocycles. The molecular weight excluding hydrogens is 865 g/mol. The molecule has 0 aliphatic heterocycles. The van der Waals surface area contributed by atoms with Gasteiger partial charge in [-0.05, 0) is 106 Å². The van der Waals surface area contributed by atoms with Crippen LogP contribution in [0.4, 0.5) is 0 Å². The highest BCUT2D eigenvalue weighted by molar-refractivity contribution is 6.09. The fourth-order valence-electron chi connectivity index (χ4n) is 6.56. The van der Waals surface area contributed by atoms with Gasteiger partial charge in [-0.1, -0.05) is 135 Å². The molecular formula is C60H66O9. The van der Waals surface area contributed by atoms with Crippen molar-refractivity contribution in [2.75, 3.05) is 21.3 Å². The molecule has 0 fully saturated rings. The van der Waals surface area contributed by atoms with Crippen molar-refractivity contribution in [1.82, 2.24) is 0 Å². The first kappa shape index (κ1) is 54.0. The van der Waals surface area contributed by atoms with Gasteiger partial charge >= 0.3 is 0 Å². The molecule has 69 heavy (non-hydrogen) atoms. The summed E-state index contributed by atoms with van der Waals surface area (Å²) in [6.07, 6.45) is 3.73. The first-order valence-corrected chi connectivity index (χ1v) is 22.5. The molecule has 9 nitrogen and oxygen atoms in total. The van der Waals surface area contributed by atoms with E-state index in [9.17, 15) is 29.7 Å². The lowest BCUT2D eigenvalue weighted by molar-refractivity contribution is 0.103. The Morgan fingerprint density at radius 2 is 0.493 bits per heavy atom. The highest BCUT2D eigenvalue weighted by atomic mass is 16.5. The van der Waals surface area contributed by atoms with Crippen molar-refractivity contribution in [3.8, 4) is 17.2 Å². The molecule has 6 rings (SSSR count). The number of aliphatic hydroxyl groups is 3. The Hall–Kier alpha value is -7.65. The molecule has 0 atom stereocenters. The molecule has 6 aromatic rings. The third-order valence-electron chi connectivity index (χ3n) is 11.1.